The largest absolute Gasteiger partial charge is 0.508 e. The zero-order valence-electron chi connectivity index (χ0n) is 12.4. The van der Waals surface area contributed by atoms with Crippen molar-refractivity contribution in [3.8, 4) is 5.75 Å². The Bertz CT molecular complexity index is 879. The average Bonchev–Trinajstić information content (AvgIpc) is 2.53. The molecule has 2 aromatic rings. The lowest BCUT2D eigenvalue weighted by Gasteiger charge is -2.34. The molecule has 2 amide bonds. The number of fused-ring (bicyclic) bond motifs is 1. The first-order valence-corrected chi connectivity index (χ1v) is 9.33. The summed E-state index contributed by atoms with van der Waals surface area (Å²) in [5, 5.41) is 9.55. The zero-order chi connectivity index (χ0) is 16.8. The lowest BCUT2D eigenvalue weighted by atomic mass is 10.2. The molecule has 0 atom stereocenters. The van der Waals surface area contributed by atoms with Gasteiger partial charge >= 0.3 is 6.03 Å². The molecule has 0 aromatic heterocycles. The number of amides is 2. The van der Waals surface area contributed by atoms with Crippen molar-refractivity contribution in [1.29, 1.82) is 0 Å². The van der Waals surface area contributed by atoms with Gasteiger partial charge in [-0.2, -0.15) is 4.31 Å². The Morgan fingerprint density at radius 1 is 1.09 bits per heavy atom. The molecule has 0 aliphatic carbocycles. The van der Waals surface area contributed by atoms with Crippen LogP contribution in [0.2, 0.25) is 0 Å². The van der Waals surface area contributed by atoms with E-state index in [1.807, 2.05) is 6.26 Å². The number of anilines is 2. The van der Waals surface area contributed by atoms with Crippen LogP contribution in [0.3, 0.4) is 0 Å². The number of aromatic hydroxyl groups is 1. The molecule has 0 bridgehead atoms. The highest BCUT2D eigenvalue weighted by Crippen LogP contribution is 2.38. The van der Waals surface area contributed by atoms with Gasteiger partial charge in [0, 0.05) is 18.0 Å². The van der Waals surface area contributed by atoms with Crippen LogP contribution in [0.4, 0.5) is 16.2 Å². The van der Waals surface area contributed by atoms with Gasteiger partial charge in [-0.05, 0) is 42.7 Å². The number of sulfonamides is 1. The van der Waals surface area contributed by atoms with E-state index in [1.54, 1.807) is 24.3 Å². The quantitative estimate of drug-likeness (QED) is 0.843. The number of carbonyl (C=O) groups excluding carboxylic acids is 1. The predicted molar refractivity (Wildman–Crippen MR) is 89.8 cm³/mol. The van der Waals surface area contributed by atoms with Crippen molar-refractivity contribution < 1.29 is 18.3 Å². The third-order valence-corrected chi connectivity index (χ3v) is 6.08. The smallest absolute Gasteiger partial charge is 0.342 e. The fourth-order valence-electron chi connectivity index (χ4n) is 2.39. The molecule has 6 nitrogen and oxygen atoms in total. The van der Waals surface area contributed by atoms with Crippen LogP contribution >= 0.6 is 11.8 Å². The van der Waals surface area contributed by atoms with Gasteiger partial charge in [-0.15, -0.1) is 11.8 Å². The molecule has 3 rings (SSSR count). The molecular formula is C15H14N2O4S2. The predicted octanol–water partition coefficient (Wildman–Crippen LogP) is 2.88. The van der Waals surface area contributed by atoms with E-state index in [4.69, 9.17) is 0 Å². The highest BCUT2D eigenvalue weighted by molar-refractivity contribution is 7.98. The number of benzene rings is 2. The molecule has 8 heteroatoms. The van der Waals surface area contributed by atoms with Crippen molar-refractivity contribution in [2.75, 3.05) is 22.5 Å². The van der Waals surface area contributed by atoms with E-state index in [-0.39, 0.29) is 22.0 Å². The normalized spacial score (nSPS) is 16.3. The van der Waals surface area contributed by atoms with Gasteiger partial charge in [-0.1, -0.05) is 0 Å². The summed E-state index contributed by atoms with van der Waals surface area (Å²) in [6.07, 6.45) is 1.91. The van der Waals surface area contributed by atoms with Crippen LogP contribution in [0.1, 0.15) is 0 Å². The number of thioether (sulfide) groups is 1. The monoisotopic (exact) mass is 350 g/mol. The van der Waals surface area contributed by atoms with Crippen molar-refractivity contribution in [3.63, 3.8) is 0 Å². The van der Waals surface area contributed by atoms with Crippen LogP contribution in [0.5, 0.6) is 5.75 Å². The van der Waals surface area contributed by atoms with Gasteiger partial charge < -0.3 is 5.11 Å². The van der Waals surface area contributed by atoms with Gasteiger partial charge in [-0.25, -0.2) is 13.2 Å². The van der Waals surface area contributed by atoms with Crippen molar-refractivity contribution in [2.24, 2.45) is 0 Å². The minimum Gasteiger partial charge on any atom is -0.508 e. The number of urea groups is 1. The van der Waals surface area contributed by atoms with Crippen molar-refractivity contribution in [2.45, 2.75) is 9.79 Å². The van der Waals surface area contributed by atoms with Crippen LogP contribution < -0.4 is 9.21 Å². The van der Waals surface area contributed by atoms with Gasteiger partial charge in [-0.3, -0.25) is 4.90 Å². The number of carbonyl (C=O) groups is 1. The fraction of sp³-hybridized carbons (Fsp3) is 0.133. The minimum absolute atomic E-state index is 0.0219. The molecule has 1 aliphatic rings. The molecule has 1 N–H and O–H groups in total. The minimum atomic E-state index is -4.03. The molecule has 0 saturated carbocycles. The lowest BCUT2D eigenvalue weighted by Crippen LogP contribution is -2.49. The topological polar surface area (TPSA) is 77.9 Å². The van der Waals surface area contributed by atoms with Crippen molar-refractivity contribution in [3.05, 3.63) is 42.5 Å². The first kappa shape index (κ1) is 15.7. The Hall–Kier alpha value is -2.19. The Morgan fingerprint density at radius 3 is 2.35 bits per heavy atom. The van der Waals surface area contributed by atoms with Crippen molar-refractivity contribution in [1.82, 2.24) is 0 Å². The first-order valence-electron chi connectivity index (χ1n) is 6.66. The number of phenols is 1. The van der Waals surface area contributed by atoms with Crippen LogP contribution in [-0.4, -0.2) is 32.9 Å². The molecule has 0 saturated heterocycles. The summed E-state index contributed by atoms with van der Waals surface area (Å²) in [4.78, 5) is 14.7. The number of nitrogens with zero attached hydrogens (tertiary/aromatic N) is 2. The van der Waals surface area contributed by atoms with Crippen molar-refractivity contribution >= 4 is 39.2 Å². The number of phenolic OH excluding ortho intramolecular Hbond substituents is 1. The second-order valence-electron chi connectivity index (χ2n) is 4.96. The van der Waals surface area contributed by atoms with Gasteiger partial charge in [0.1, 0.15) is 10.6 Å². The number of hydrogen-bond donors (Lipinski definition) is 1. The standard InChI is InChI=1S/C15H14N2O4S2/c1-16-13-9-11(18)5-8-14(13)23(20,21)17(15(16)19)10-3-6-12(22-2)7-4-10/h3-9,18H,1-2H3. The third kappa shape index (κ3) is 2.43. The van der Waals surface area contributed by atoms with Gasteiger partial charge in [0.25, 0.3) is 10.0 Å². The Labute approximate surface area is 138 Å². The second kappa shape index (κ2) is 5.47. The molecule has 120 valence electrons. The van der Waals surface area contributed by atoms with Gasteiger partial charge in [0.15, 0.2) is 0 Å². The maximum Gasteiger partial charge on any atom is 0.342 e. The van der Waals surface area contributed by atoms with Crippen LogP contribution in [0.15, 0.2) is 52.3 Å². The lowest BCUT2D eigenvalue weighted by molar-refractivity contribution is 0.255. The zero-order valence-corrected chi connectivity index (χ0v) is 14.1. The molecule has 0 spiro atoms. The number of rotatable bonds is 2. The van der Waals surface area contributed by atoms with Crippen LogP contribution in [0, 0.1) is 0 Å². The maximum atomic E-state index is 12.8. The van der Waals surface area contributed by atoms with E-state index < -0.39 is 16.1 Å². The number of hydrogen-bond acceptors (Lipinski definition) is 5. The summed E-state index contributed by atoms with van der Waals surface area (Å²) in [6, 6.07) is 9.87. The van der Waals surface area contributed by atoms with Crippen LogP contribution in [0.25, 0.3) is 0 Å². The molecule has 0 unspecified atom stereocenters. The van der Waals surface area contributed by atoms with E-state index in [1.165, 1.54) is 41.9 Å². The summed E-state index contributed by atoms with van der Waals surface area (Å²) in [5.74, 6) is -0.101. The van der Waals surface area contributed by atoms with Gasteiger partial charge in [0.05, 0.1) is 11.4 Å². The molecule has 1 aliphatic heterocycles. The van der Waals surface area contributed by atoms with E-state index in [9.17, 15) is 18.3 Å². The molecule has 23 heavy (non-hydrogen) atoms. The summed E-state index contributed by atoms with van der Waals surface area (Å²) < 4.78 is 26.4. The fourth-order valence-corrected chi connectivity index (χ4v) is 4.43. The summed E-state index contributed by atoms with van der Waals surface area (Å²) in [6.45, 7) is 0. The summed E-state index contributed by atoms with van der Waals surface area (Å²) >= 11 is 1.52. The molecule has 1 heterocycles. The maximum absolute atomic E-state index is 12.8. The molecule has 0 radical (unpaired) electrons. The van der Waals surface area contributed by atoms with E-state index >= 15 is 0 Å². The second-order valence-corrected chi connectivity index (χ2v) is 7.60. The van der Waals surface area contributed by atoms with Crippen LogP contribution in [-0.2, 0) is 10.0 Å². The van der Waals surface area contributed by atoms with E-state index in [0.717, 1.165) is 9.20 Å². The molecule has 0 fully saturated rings. The SMILES string of the molecule is CSc1ccc(N2C(=O)N(C)c3cc(O)ccc3S2(=O)=O)cc1. The Morgan fingerprint density at radius 2 is 1.74 bits per heavy atom. The Balaban J connectivity index is 2.18. The summed E-state index contributed by atoms with van der Waals surface area (Å²) in [5.41, 5.74) is 0.436. The van der Waals surface area contributed by atoms with Gasteiger partial charge in [0.2, 0.25) is 0 Å². The highest BCUT2D eigenvalue weighted by Gasteiger charge is 2.41. The Kier molecular flexibility index (Phi) is 3.73. The summed E-state index contributed by atoms with van der Waals surface area (Å²) in [7, 11) is -2.56. The molecule has 2 aromatic carbocycles. The first-order chi connectivity index (χ1) is 10.9. The average molecular weight is 350 g/mol. The van der Waals surface area contributed by atoms with E-state index in [2.05, 4.69) is 0 Å². The highest BCUT2D eigenvalue weighted by atomic mass is 32.2. The molecular weight excluding hydrogens is 336 g/mol. The third-order valence-electron chi connectivity index (χ3n) is 3.59. The van der Waals surface area contributed by atoms with E-state index in [0.29, 0.717) is 0 Å².